The number of carbonyl (C=O) groups is 2. The minimum Gasteiger partial charge on any atom is -0.494 e. The number of hydrogen-bond acceptors (Lipinski definition) is 8. The van der Waals surface area contributed by atoms with Gasteiger partial charge in [0.2, 0.25) is 0 Å². The first-order valence-electron chi connectivity index (χ1n) is 7.56. The van der Waals surface area contributed by atoms with Crippen LogP contribution in [0.2, 0.25) is 0 Å². The number of methoxy groups -OCH3 is 4. The van der Waals surface area contributed by atoms with Crippen LogP contribution in [0.25, 0.3) is 22.1 Å². The Morgan fingerprint density at radius 1 is 0.692 bits per heavy atom. The molecule has 26 heavy (non-hydrogen) atoms. The number of esters is 2. The number of rotatable bonds is 4. The Kier molecular flexibility index (Phi) is 4.57. The van der Waals surface area contributed by atoms with Crippen LogP contribution in [0.5, 0.6) is 11.5 Å². The lowest BCUT2D eigenvalue weighted by atomic mass is 10.1. The SMILES string of the molecule is COC(=O)c1cc(OC)c2nc3cc(C(=O)OC)cc(OC)c3nc2c1. The van der Waals surface area contributed by atoms with Crippen molar-refractivity contribution in [1.29, 1.82) is 0 Å². The van der Waals surface area contributed by atoms with Gasteiger partial charge in [0.1, 0.15) is 22.5 Å². The normalized spacial score (nSPS) is 10.6. The molecule has 8 heteroatoms. The standard InChI is InChI=1S/C18H16N2O6/c1-23-13-7-9(17(21)25-3)5-11-15(13)19-12-6-10(18(22)26-4)8-14(24-2)16(12)20-11/h5-8H,1-4H3. The van der Waals surface area contributed by atoms with Gasteiger partial charge >= 0.3 is 11.9 Å². The van der Waals surface area contributed by atoms with Gasteiger partial charge in [-0.05, 0) is 24.3 Å². The first kappa shape index (κ1) is 17.4. The molecular formula is C18H16N2O6. The molecule has 3 aromatic rings. The Morgan fingerprint density at radius 2 is 1.08 bits per heavy atom. The summed E-state index contributed by atoms with van der Waals surface area (Å²) in [6, 6.07) is 6.17. The van der Waals surface area contributed by atoms with E-state index in [-0.39, 0.29) is 11.1 Å². The van der Waals surface area contributed by atoms with Gasteiger partial charge in [-0.25, -0.2) is 19.6 Å². The highest BCUT2D eigenvalue weighted by Gasteiger charge is 2.17. The molecular weight excluding hydrogens is 340 g/mol. The van der Waals surface area contributed by atoms with E-state index in [0.717, 1.165) is 0 Å². The molecule has 0 aliphatic rings. The summed E-state index contributed by atoms with van der Waals surface area (Å²) < 4.78 is 20.2. The largest absolute Gasteiger partial charge is 0.494 e. The molecule has 2 aromatic carbocycles. The summed E-state index contributed by atoms with van der Waals surface area (Å²) in [5.41, 5.74) is 2.32. The predicted molar refractivity (Wildman–Crippen MR) is 92.8 cm³/mol. The van der Waals surface area contributed by atoms with Crippen LogP contribution in [0.1, 0.15) is 20.7 Å². The molecule has 0 radical (unpaired) electrons. The first-order chi connectivity index (χ1) is 12.5. The highest BCUT2D eigenvalue weighted by molar-refractivity contribution is 6.01. The fraction of sp³-hybridized carbons (Fsp3) is 0.222. The minimum atomic E-state index is -0.514. The van der Waals surface area contributed by atoms with Crippen LogP contribution in [0.3, 0.4) is 0 Å². The zero-order chi connectivity index (χ0) is 18.8. The predicted octanol–water partition coefficient (Wildman–Crippen LogP) is 2.37. The maximum Gasteiger partial charge on any atom is 0.338 e. The molecule has 134 valence electrons. The molecule has 3 rings (SSSR count). The van der Waals surface area contributed by atoms with Gasteiger partial charge in [-0.3, -0.25) is 0 Å². The van der Waals surface area contributed by atoms with Gasteiger partial charge in [0.15, 0.2) is 0 Å². The minimum absolute atomic E-state index is 0.288. The monoisotopic (exact) mass is 356 g/mol. The first-order valence-corrected chi connectivity index (χ1v) is 7.56. The Hall–Kier alpha value is -3.42. The van der Waals surface area contributed by atoms with Crippen molar-refractivity contribution in [3.8, 4) is 11.5 Å². The van der Waals surface area contributed by atoms with Crippen molar-refractivity contribution in [1.82, 2.24) is 9.97 Å². The second-order valence-electron chi connectivity index (χ2n) is 5.30. The zero-order valence-corrected chi connectivity index (χ0v) is 14.7. The van der Waals surface area contributed by atoms with Crippen LogP contribution in [-0.4, -0.2) is 50.3 Å². The van der Waals surface area contributed by atoms with Crippen molar-refractivity contribution >= 4 is 34.0 Å². The van der Waals surface area contributed by atoms with Gasteiger partial charge in [-0.2, -0.15) is 0 Å². The van der Waals surface area contributed by atoms with Crippen molar-refractivity contribution in [2.75, 3.05) is 28.4 Å². The fourth-order valence-electron chi connectivity index (χ4n) is 2.60. The van der Waals surface area contributed by atoms with Crippen molar-refractivity contribution in [3.63, 3.8) is 0 Å². The quantitative estimate of drug-likeness (QED) is 0.519. The second-order valence-corrected chi connectivity index (χ2v) is 5.30. The van der Waals surface area contributed by atoms with E-state index in [9.17, 15) is 9.59 Å². The van der Waals surface area contributed by atoms with Crippen molar-refractivity contribution in [2.24, 2.45) is 0 Å². The van der Waals surface area contributed by atoms with Gasteiger partial charge < -0.3 is 18.9 Å². The summed E-state index contributed by atoms with van der Waals surface area (Å²) in [7, 11) is 5.52. The summed E-state index contributed by atoms with van der Waals surface area (Å²) in [5, 5.41) is 0. The van der Waals surface area contributed by atoms with Gasteiger partial charge in [0, 0.05) is 0 Å². The van der Waals surface area contributed by atoms with E-state index in [1.807, 2.05) is 0 Å². The maximum absolute atomic E-state index is 11.9. The van der Waals surface area contributed by atoms with Crippen molar-refractivity contribution in [2.45, 2.75) is 0 Å². The van der Waals surface area contributed by atoms with E-state index in [2.05, 4.69) is 9.97 Å². The number of ether oxygens (including phenoxy) is 4. The Balaban J connectivity index is 2.35. The third kappa shape index (κ3) is 2.85. The molecule has 0 N–H and O–H groups in total. The average Bonchev–Trinajstić information content (AvgIpc) is 2.69. The highest BCUT2D eigenvalue weighted by Crippen LogP contribution is 2.31. The molecule has 8 nitrogen and oxygen atoms in total. The topological polar surface area (TPSA) is 96.8 Å². The van der Waals surface area contributed by atoms with Crippen LogP contribution < -0.4 is 9.47 Å². The average molecular weight is 356 g/mol. The lowest BCUT2D eigenvalue weighted by Gasteiger charge is -2.11. The number of carbonyl (C=O) groups excluding carboxylic acids is 2. The smallest absolute Gasteiger partial charge is 0.338 e. The number of fused-ring (bicyclic) bond motifs is 2. The summed E-state index contributed by atoms with van der Waals surface area (Å²) in [5.74, 6) is -0.306. The molecule has 0 aliphatic heterocycles. The van der Waals surface area contributed by atoms with Gasteiger partial charge in [0.25, 0.3) is 0 Å². The molecule has 0 spiro atoms. The number of benzene rings is 2. The fourth-order valence-corrected chi connectivity index (χ4v) is 2.60. The Morgan fingerprint density at radius 3 is 1.38 bits per heavy atom. The maximum atomic E-state index is 11.9. The highest BCUT2D eigenvalue weighted by atomic mass is 16.5. The van der Waals surface area contributed by atoms with Gasteiger partial charge in [-0.1, -0.05) is 0 Å². The Labute approximate surface area is 148 Å². The molecule has 0 saturated heterocycles. The molecule has 0 fully saturated rings. The molecule has 0 unspecified atom stereocenters. The summed E-state index contributed by atoms with van der Waals surface area (Å²) in [6.07, 6.45) is 0. The van der Waals surface area contributed by atoms with Crippen LogP contribution in [0.4, 0.5) is 0 Å². The van der Waals surface area contributed by atoms with Crippen LogP contribution in [-0.2, 0) is 9.47 Å². The molecule has 0 amide bonds. The lowest BCUT2D eigenvalue weighted by Crippen LogP contribution is -2.05. The number of aromatic nitrogens is 2. The molecule has 0 bridgehead atoms. The summed E-state index contributed by atoms with van der Waals surface area (Å²) >= 11 is 0. The third-order valence-corrected chi connectivity index (χ3v) is 3.86. The van der Waals surface area contributed by atoms with E-state index in [4.69, 9.17) is 18.9 Å². The van der Waals surface area contributed by atoms with E-state index in [1.165, 1.54) is 40.6 Å². The molecule has 1 heterocycles. The van der Waals surface area contributed by atoms with Crippen molar-refractivity contribution < 1.29 is 28.5 Å². The zero-order valence-electron chi connectivity index (χ0n) is 14.7. The number of nitrogens with zero attached hydrogens (tertiary/aromatic N) is 2. The van der Waals surface area contributed by atoms with Gasteiger partial charge in [0.05, 0.1) is 50.6 Å². The number of hydrogen-bond donors (Lipinski definition) is 0. The van der Waals surface area contributed by atoms with E-state index in [1.54, 1.807) is 12.1 Å². The summed E-state index contributed by atoms with van der Waals surface area (Å²) in [6.45, 7) is 0. The molecule has 0 aliphatic carbocycles. The second kappa shape index (κ2) is 6.83. The van der Waals surface area contributed by atoms with Crippen LogP contribution in [0.15, 0.2) is 24.3 Å². The molecule has 0 saturated carbocycles. The van der Waals surface area contributed by atoms with Gasteiger partial charge in [-0.15, -0.1) is 0 Å². The third-order valence-electron chi connectivity index (χ3n) is 3.86. The molecule has 0 atom stereocenters. The lowest BCUT2D eigenvalue weighted by molar-refractivity contribution is 0.0591. The summed E-state index contributed by atoms with van der Waals surface area (Å²) in [4.78, 5) is 32.8. The Bertz CT molecular complexity index is 948. The van der Waals surface area contributed by atoms with Crippen LogP contribution >= 0.6 is 0 Å². The van der Waals surface area contributed by atoms with E-state index < -0.39 is 11.9 Å². The van der Waals surface area contributed by atoms with Crippen LogP contribution in [0, 0.1) is 0 Å². The van der Waals surface area contributed by atoms with Crippen molar-refractivity contribution in [3.05, 3.63) is 35.4 Å². The van der Waals surface area contributed by atoms with E-state index in [0.29, 0.717) is 33.6 Å². The molecule has 1 aromatic heterocycles. The van der Waals surface area contributed by atoms with E-state index >= 15 is 0 Å².